The van der Waals surface area contributed by atoms with E-state index in [2.05, 4.69) is 20.8 Å². The minimum absolute atomic E-state index is 0.0579. The Hall–Kier alpha value is -0.890. The van der Waals surface area contributed by atoms with Gasteiger partial charge < -0.3 is 4.74 Å². The van der Waals surface area contributed by atoms with Gasteiger partial charge in [-0.1, -0.05) is 11.6 Å². The minimum atomic E-state index is -0.0579. The van der Waals surface area contributed by atoms with Crippen LogP contribution in [0.4, 0.5) is 0 Å². The van der Waals surface area contributed by atoms with Crippen LogP contribution in [0.25, 0.3) is 0 Å². The SMILES string of the molecule is CC(=O)/C=C\C1=C(C)CC(C)(C)OC1. The van der Waals surface area contributed by atoms with Crippen LogP contribution in [0.3, 0.4) is 0 Å². The summed E-state index contributed by atoms with van der Waals surface area (Å²) >= 11 is 0. The van der Waals surface area contributed by atoms with Crippen molar-refractivity contribution in [2.24, 2.45) is 0 Å². The van der Waals surface area contributed by atoms with E-state index in [-0.39, 0.29) is 11.4 Å². The molecule has 1 aliphatic heterocycles. The fourth-order valence-electron chi connectivity index (χ4n) is 1.61. The number of rotatable bonds is 2. The highest BCUT2D eigenvalue weighted by molar-refractivity contribution is 5.87. The molecule has 14 heavy (non-hydrogen) atoms. The molecule has 2 nitrogen and oxygen atoms in total. The van der Waals surface area contributed by atoms with Gasteiger partial charge in [0.2, 0.25) is 0 Å². The lowest BCUT2D eigenvalue weighted by Crippen LogP contribution is -2.30. The average Bonchev–Trinajstić information content (AvgIpc) is 2.00. The van der Waals surface area contributed by atoms with Crippen LogP contribution >= 0.6 is 0 Å². The first-order chi connectivity index (χ1) is 6.41. The summed E-state index contributed by atoms with van der Waals surface area (Å²) in [5.41, 5.74) is 2.40. The first-order valence-electron chi connectivity index (χ1n) is 4.92. The van der Waals surface area contributed by atoms with Crippen molar-refractivity contribution >= 4 is 5.78 Å². The minimum Gasteiger partial charge on any atom is -0.371 e. The molecular formula is C12H18O2. The van der Waals surface area contributed by atoms with Crippen LogP contribution in [0.2, 0.25) is 0 Å². The Morgan fingerprint density at radius 3 is 2.64 bits per heavy atom. The topological polar surface area (TPSA) is 26.3 Å². The van der Waals surface area contributed by atoms with E-state index in [1.807, 2.05) is 6.08 Å². The number of carbonyl (C=O) groups excluding carboxylic acids is 1. The molecule has 0 bridgehead atoms. The standard InChI is InChI=1S/C12H18O2/c1-9-7-12(3,4)14-8-11(9)6-5-10(2)13/h5-6H,7-8H2,1-4H3/b6-5-. The smallest absolute Gasteiger partial charge is 0.152 e. The van der Waals surface area contributed by atoms with Crippen molar-refractivity contribution in [1.29, 1.82) is 0 Å². The molecule has 0 unspecified atom stereocenters. The van der Waals surface area contributed by atoms with Gasteiger partial charge in [-0.3, -0.25) is 4.79 Å². The molecule has 0 N–H and O–H groups in total. The molecule has 1 aliphatic rings. The maximum Gasteiger partial charge on any atom is 0.152 e. The van der Waals surface area contributed by atoms with Gasteiger partial charge >= 0.3 is 0 Å². The maximum atomic E-state index is 10.8. The molecule has 0 aromatic heterocycles. The van der Waals surface area contributed by atoms with E-state index in [0.717, 1.165) is 12.0 Å². The molecule has 0 atom stereocenters. The third-order valence-corrected chi connectivity index (χ3v) is 2.38. The van der Waals surface area contributed by atoms with Gasteiger partial charge in [0.1, 0.15) is 0 Å². The van der Waals surface area contributed by atoms with Crippen LogP contribution in [0.1, 0.15) is 34.1 Å². The maximum absolute atomic E-state index is 10.8. The number of ketones is 1. The molecule has 0 aromatic carbocycles. The van der Waals surface area contributed by atoms with Gasteiger partial charge in [0.15, 0.2) is 5.78 Å². The molecule has 1 heterocycles. The number of allylic oxidation sites excluding steroid dienone is 1. The molecule has 0 spiro atoms. The van der Waals surface area contributed by atoms with Gasteiger partial charge in [-0.05, 0) is 45.8 Å². The lowest BCUT2D eigenvalue weighted by Gasteiger charge is -2.31. The Kier molecular flexibility index (Phi) is 3.27. The van der Waals surface area contributed by atoms with Crippen molar-refractivity contribution in [3.05, 3.63) is 23.3 Å². The third kappa shape index (κ3) is 3.11. The Balaban J connectivity index is 2.76. The number of hydrogen-bond acceptors (Lipinski definition) is 2. The molecule has 0 saturated carbocycles. The van der Waals surface area contributed by atoms with Crippen LogP contribution in [0.5, 0.6) is 0 Å². The summed E-state index contributed by atoms with van der Waals surface area (Å²) in [6, 6.07) is 0. The van der Waals surface area contributed by atoms with Gasteiger partial charge in [0.05, 0.1) is 12.2 Å². The first-order valence-corrected chi connectivity index (χ1v) is 4.92. The van der Waals surface area contributed by atoms with Crippen molar-refractivity contribution in [3.8, 4) is 0 Å². The highest BCUT2D eigenvalue weighted by Crippen LogP contribution is 2.28. The van der Waals surface area contributed by atoms with Crippen LogP contribution in [0, 0.1) is 0 Å². The van der Waals surface area contributed by atoms with E-state index in [4.69, 9.17) is 4.74 Å². The summed E-state index contributed by atoms with van der Waals surface area (Å²) in [5, 5.41) is 0. The van der Waals surface area contributed by atoms with Crippen molar-refractivity contribution in [2.45, 2.75) is 39.7 Å². The molecule has 78 valence electrons. The zero-order valence-electron chi connectivity index (χ0n) is 9.39. The molecule has 1 rings (SSSR count). The second-order valence-corrected chi connectivity index (χ2v) is 4.47. The summed E-state index contributed by atoms with van der Waals surface area (Å²) in [4.78, 5) is 10.8. The van der Waals surface area contributed by atoms with E-state index < -0.39 is 0 Å². The fraction of sp³-hybridized carbons (Fsp3) is 0.583. The van der Waals surface area contributed by atoms with Crippen LogP contribution in [-0.2, 0) is 9.53 Å². The summed E-state index contributed by atoms with van der Waals surface area (Å²) < 4.78 is 5.66. The quantitative estimate of drug-likeness (QED) is 0.632. The van der Waals surface area contributed by atoms with E-state index in [9.17, 15) is 4.79 Å². The number of ether oxygens (including phenoxy) is 1. The predicted molar refractivity (Wildman–Crippen MR) is 57.2 cm³/mol. The van der Waals surface area contributed by atoms with Crippen LogP contribution in [-0.4, -0.2) is 18.0 Å². The molecule has 0 aromatic rings. The van der Waals surface area contributed by atoms with Gasteiger partial charge in [0.25, 0.3) is 0 Å². The molecule has 2 heteroatoms. The highest BCUT2D eigenvalue weighted by Gasteiger charge is 2.24. The molecular weight excluding hydrogens is 176 g/mol. The zero-order valence-corrected chi connectivity index (χ0v) is 9.39. The first kappa shape index (κ1) is 11.2. The molecule has 0 amide bonds. The van der Waals surface area contributed by atoms with Crippen LogP contribution < -0.4 is 0 Å². The lowest BCUT2D eigenvalue weighted by atomic mass is 9.92. The fourth-order valence-corrected chi connectivity index (χ4v) is 1.61. The zero-order chi connectivity index (χ0) is 10.8. The molecule has 0 saturated heterocycles. The lowest BCUT2D eigenvalue weighted by molar-refractivity contribution is -0.112. The largest absolute Gasteiger partial charge is 0.371 e. The predicted octanol–water partition coefficient (Wildman–Crippen LogP) is 2.65. The Labute approximate surface area is 85.6 Å². The summed E-state index contributed by atoms with van der Waals surface area (Å²) in [6.07, 6.45) is 4.40. The van der Waals surface area contributed by atoms with Crippen molar-refractivity contribution in [2.75, 3.05) is 6.61 Å². The van der Waals surface area contributed by atoms with Crippen molar-refractivity contribution in [3.63, 3.8) is 0 Å². The van der Waals surface area contributed by atoms with Crippen LogP contribution in [0.15, 0.2) is 23.3 Å². The van der Waals surface area contributed by atoms with Crippen molar-refractivity contribution < 1.29 is 9.53 Å². The van der Waals surface area contributed by atoms with E-state index in [0.29, 0.717) is 6.61 Å². The van der Waals surface area contributed by atoms with Crippen molar-refractivity contribution in [1.82, 2.24) is 0 Å². The third-order valence-electron chi connectivity index (χ3n) is 2.38. The number of hydrogen-bond donors (Lipinski definition) is 0. The van der Waals surface area contributed by atoms with E-state index in [1.165, 1.54) is 5.57 Å². The second kappa shape index (κ2) is 4.09. The molecule has 0 radical (unpaired) electrons. The summed E-state index contributed by atoms with van der Waals surface area (Å²) in [7, 11) is 0. The van der Waals surface area contributed by atoms with Gasteiger partial charge in [-0.25, -0.2) is 0 Å². The van der Waals surface area contributed by atoms with Gasteiger partial charge in [0, 0.05) is 0 Å². The second-order valence-electron chi connectivity index (χ2n) is 4.47. The average molecular weight is 194 g/mol. The summed E-state index contributed by atoms with van der Waals surface area (Å²) in [5.74, 6) is 0.0788. The Morgan fingerprint density at radius 2 is 2.14 bits per heavy atom. The summed E-state index contributed by atoms with van der Waals surface area (Å²) in [6.45, 7) is 8.44. The van der Waals surface area contributed by atoms with E-state index in [1.54, 1.807) is 13.0 Å². The molecule has 0 fully saturated rings. The van der Waals surface area contributed by atoms with Gasteiger partial charge in [-0.2, -0.15) is 0 Å². The highest BCUT2D eigenvalue weighted by atomic mass is 16.5. The van der Waals surface area contributed by atoms with Gasteiger partial charge in [-0.15, -0.1) is 0 Å². The normalized spacial score (nSPS) is 21.7. The number of carbonyl (C=O) groups is 1. The Bertz CT molecular complexity index is 295. The Morgan fingerprint density at radius 1 is 1.50 bits per heavy atom. The molecule has 0 aliphatic carbocycles. The van der Waals surface area contributed by atoms with E-state index >= 15 is 0 Å². The monoisotopic (exact) mass is 194 g/mol.